The van der Waals surface area contributed by atoms with Crippen molar-refractivity contribution < 1.29 is 85.4 Å². The topological polar surface area (TPSA) is 292 Å². The highest BCUT2D eigenvalue weighted by molar-refractivity contribution is 7.11. The van der Waals surface area contributed by atoms with E-state index in [0.717, 1.165) is 76.0 Å². The van der Waals surface area contributed by atoms with E-state index in [2.05, 4.69) is 71.7 Å². The maximum atomic E-state index is 12.8. The minimum Gasteiger partial charge on any atom is -0.438 e. The van der Waals surface area contributed by atoms with Crippen molar-refractivity contribution in [1.82, 2.24) is 64.6 Å². The fourth-order valence-electron chi connectivity index (χ4n) is 11.6. The van der Waals surface area contributed by atoms with Crippen molar-refractivity contribution in [1.29, 1.82) is 0 Å². The van der Waals surface area contributed by atoms with Gasteiger partial charge in [0.1, 0.15) is 22.9 Å². The highest BCUT2D eigenvalue weighted by Gasteiger charge is 2.34. The second kappa shape index (κ2) is 32.8. The van der Waals surface area contributed by atoms with Crippen LogP contribution in [-0.2, 0) is 50.9 Å². The number of hydrogen-bond acceptors (Lipinski definition) is 17. The van der Waals surface area contributed by atoms with Crippen LogP contribution < -0.4 is 21.3 Å². The largest absolute Gasteiger partial charge is 0.438 e. The quantitative estimate of drug-likeness (QED) is 0.0654. The van der Waals surface area contributed by atoms with Gasteiger partial charge in [0.05, 0.1) is 93.6 Å². The number of fused-ring (bicyclic) bond motifs is 4. The van der Waals surface area contributed by atoms with Gasteiger partial charge in [0.2, 0.25) is 5.76 Å². The SMILES string of the molecule is Cc1ncoc1C(=O)Nc1nn(Cc2ccc(C(F)(F)F)cc2)c2ccccc12.Cc1nocc1C(=O)Nc1nn(Cc2ccc(C(F)(F)F)cc2)c2ccccc12.O=C(Nc1nn(Cc2ccc(C(F)(F)F)cc2)c2ccccc12)c1cncs1.O=C(Nc1nn(Cc2ccc(C(F)(F)F)cc2)c2ccccc12)c1cnon1. The lowest BCUT2D eigenvalue weighted by atomic mass is 10.1. The first-order valence-electron chi connectivity index (χ1n) is 33.7. The van der Waals surface area contributed by atoms with E-state index >= 15 is 0 Å². The number of nitrogens with one attached hydrogen (secondary N) is 4. The van der Waals surface area contributed by atoms with E-state index in [9.17, 15) is 71.9 Å². The Morgan fingerprint density at radius 1 is 0.404 bits per heavy atom. The Balaban J connectivity index is 0.000000133. The third kappa shape index (κ3) is 18.3. The molecule has 8 heterocycles. The number of amides is 4. The standard InChI is InChI=1S/2C20H15F3N4O2.C19H13F3N4OS.C18H12F3N5O2/c1-12-16(11-29-26-12)19(28)24-18-15-4-2-3-5-17(15)27(25-18)10-13-6-8-14(9-7-13)20(21,22)23;1-12-17(29-11-24-12)19(28)25-18-15-4-2-3-5-16(15)27(26-18)10-13-6-8-14(9-7-13)20(21,22)23;20-19(21,22)13-7-5-12(6-8-13)10-26-15-4-2-1-3-14(15)17(25-26)24-18(27)16-9-23-11-28-16;19-18(20,21)12-7-5-11(6-8-12)10-26-15-4-2-1-3-13(15)16(24-26)23-17(27)14-9-22-28-25-14/h2-9,11H,10H2,1H3,(H,24,25,28);2-9,11H,10H2,1H3,(H,25,26,28);1-9,11H,10H2,(H,24,25,27);1-9H,10H2,(H,23,24,27). The van der Waals surface area contributed by atoms with Crippen molar-refractivity contribution in [2.24, 2.45) is 0 Å². The molecule has 8 aromatic heterocycles. The second-order valence-corrected chi connectivity index (χ2v) is 25.8. The molecular formula is C77H55F12N17O7S. The third-order valence-corrected chi connectivity index (χ3v) is 18.0. The van der Waals surface area contributed by atoms with Crippen molar-refractivity contribution in [3.8, 4) is 0 Å². The number of thiazole rings is 1. The molecule has 0 saturated heterocycles. The number of alkyl halides is 12. The molecule has 8 aromatic carbocycles. The molecule has 16 aromatic rings. The third-order valence-electron chi connectivity index (χ3n) is 17.2. The molecule has 0 aliphatic carbocycles. The summed E-state index contributed by atoms with van der Waals surface area (Å²) in [6, 6.07) is 48.7. The van der Waals surface area contributed by atoms with Crippen molar-refractivity contribution in [2.75, 3.05) is 21.3 Å². The van der Waals surface area contributed by atoms with Crippen LogP contribution in [0.2, 0.25) is 0 Å². The summed E-state index contributed by atoms with van der Waals surface area (Å²) in [6.45, 7) is 4.31. The molecular weight excluding hydrogens is 1540 g/mol. The van der Waals surface area contributed by atoms with E-state index in [1.54, 1.807) is 68.4 Å². The van der Waals surface area contributed by atoms with Gasteiger partial charge in [0.25, 0.3) is 23.6 Å². The number of aryl methyl sites for hydroxylation is 2. The smallest absolute Gasteiger partial charge is 0.416 e. The molecule has 0 atom stereocenters. The summed E-state index contributed by atoms with van der Waals surface area (Å²) in [7, 11) is 0. The molecule has 0 radical (unpaired) electrons. The first kappa shape index (κ1) is 78.0. The van der Waals surface area contributed by atoms with Gasteiger partial charge >= 0.3 is 24.7 Å². The minimum atomic E-state index is -4.38. The van der Waals surface area contributed by atoms with E-state index in [-0.39, 0.29) is 43.5 Å². The van der Waals surface area contributed by atoms with Gasteiger partial charge in [-0.3, -0.25) is 42.9 Å². The maximum absolute atomic E-state index is 12.8. The van der Waals surface area contributed by atoms with Crippen LogP contribution >= 0.6 is 11.3 Å². The number of carbonyl (C=O) groups is 4. The number of halogens is 12. The molecule has 0 unspecified atom stereocenters. The predicted octanol–water partition coefficient (Wildman–Crippen LogP) is 17.9. The van der Waals surface area contributed by atoms with Crippen molar-refractivity contribution in [3.63, 3.8) is 0 Å². The summed E-state index contributed by atoms with van der Waals surface area (Å²) in [5.74, 6) is -0.286. The summed E-state index contributed by atoms with van der Waals surface area (Å²) in [5, 5.41) is 42.0. The van der Waals surface area contributed by atoms with E-state index in [0.29, 0.717) is 83.5 Å². The molecule has 580 valence electrons. The Morgan fingerprint density at radius 3 is 1.04 bits per heavy atom. The van der Waals surface area contributed by atoms with Gasteiger partial charge in [-0.15, -0.1) is 11.3 Å². The number of aromatic nitrogens is 13. The number of nitrogens with zero attached hydrogens (tertiary/aromatic N) is 13. The predicted molar refractivity (Wildman–Crippen MR) is 392 cm³/mol. The van der Waals surface area contributed by atoms with Gasteiger partial charge in [-0.25, -0.2) is 9.61 Å². The highest BCUT2D eigenvalue weighted by Crippen LogP contribution is 2.35. The van der Waals surface area contributed by atoms with Crippen LogP contribution in [0, 0.1) is 13.8 Å². The van der Waals surface area contributed by atoms with Crippen molar-refractivity contribution in [3.05, 3.63) is 302 Å². The van der Waals surface area contributed by atoms with Gasteiger partial charge < -0.3 is 30.2 Å². The van der Waals surface area contributed by atoms with Crippen LogP contribution in [0.1, 0.15) is 97.0 Å². The number of anilines is 4. The van der Waals surface area contributed by atoms with Crippen molar-refractivity contribution in [2.45, 2.75) is 64.7 Å². The Kier molecular flexibility index (Phi) is 22.5. The number of oxazole rings is 1. The molecule has 0 aliphatic rings. The highest BCUT2D eigenvalue weighted by atomic mass is 32.1. The van der Waals surface area contributed by atoms with E-state index in [4.69, 9.17) is 8.94 Å². The molecule has 0 bridgehead atoms. The summed E-state index contributed by atoms with van der Waals surface area (Å²) < 4.78 is 174. The summed E-state index contributed by atoms with van der Waals surface area (Å²) in [5.41, 5.74) is 5.52. The molecule has 4 N–H and O–H groups in total. The van der Waals surface area contributed by atoms with Crippen molar-refractivity contribution >= 4 is 102 Å². The minimum absolute atomic E-state index is 0.00127. The zero-order chi connectivity index (χ0) is 80.6. The Labute approximate surface area is 637 Å². The molecule has 0 aliphatic heterocycles. The average molecular weight is 1590 g/mol. The molecule has 4 amide bonds. The molecule has 114 heavy (non-hydrogen) atoms. The van der Waals surface area contributed by atoms with Gasteiger partial charge in [-0.2, -0.15) is 73.1 Å². The first-order chi connectivity index (χ1) is 54.5. The number of hydrogen-bond donors (Lipinski definition) is 4. The van der Waals surface area contributed by atoms with E-state index in [1.165, 1.54) is 84.9 Å². The van der Waals surface area contributed by atoms with Crippen LogP contribution in [0.3, 0.4) is 0 Å². The lowest BCUT2D eigenvalue weighted by molar-refractivity contribution is -0.138. The van der Waals surface area contributed by atoms with Crippen LogP contribution in [0.15, 0.2) is 238 Å². The zero-order valence-corrected chi connectivity index (χ0v) is 59.6. The summed E-state index contributed by atoms with van der Waals surface area (Å²) in [6.07, 6.45) is -12.4. The van der Waals surface area contributed by atoms with Crippen LogP contribution in [-0.4, -0.2) is 88.2 Å². The van der Waals surface area contributed by atoms with Crippen LogP contribution in [0.25, 0.3) is 43.6 Å². The summed E-state index contributed by atoms with van der Waals surface area (Å²) in [4.78, 5) is 57.7. The van der Waals surface area contributed by atoms with E-state index in [1.807, 2.05) is 66.7 Å². The van der Waals surface area contributed by atoms with Gasteiger partial charge in [-0.1, -0.05) is 107 Å². The first-order valence-corrected chi connectivity index (χ1v) is 34.6. The number of benzene rings is 8. The molecule has 0 fully saturated rings. The number of rotatable bonds is 16. The second-order valence-electron chi connectivity index (χ2n) is 24.9. The average Bonchev–Trinajstić information content (AvgIpc) is 1.66. The summed E-state index contributed by atoms with van der Waals surface area (Å²) >= 11 is 1.22. The van der Waals surface area contributed by atoms with Gasteiger partial charge in [0, 0.05) is 21.5 Å². The lowest BCUT2D eigenvalue weighted by Gasteiger charge is -2.08. The van der Waals surface area contributed by atoms with Gasteiger partial charge in [-0.05, 0) is 138 Å². The molecule has 0 spiro atoms. The Hall–Kier alpha value is -14.1. The fraction of sp³-hybridized carbons (Fsp3) is 0.130. The van der Waals surface area contributed by atoms with Crippen LogP contribution in [0.5, 0.6) is 0 Å². The zero-order valence-electron chi connectivity index (χ0n) is 58.8. The molecule has 0 saturated carbocycles. The Morgan fingerprint density at radius 2 is 0.746 bits per heavy atom. The molecule has 16 rings (SSSR count). The Bertz CT molecular complexity index is 5700. The van der Waals surface area contributed by atoms with Crippen LogP contribution in [0.4, 0.5) is 76.0 Å². The number of para-hydroxylation sites is 4. The normalized spacial score (nSPS) is 11.7. The van der Waals surface area contributed by atoms with E-state index < -0.39 is 64.7 Å². The number of carbonyl (C=O) groups excluding carboxylic acids is 4. The lowest BCUT2D eigenvalue weighted by Crippen LogP contribution is -2.13. The molecule has 24 nitrogen and oxygen atoms in total. The maximum Gasteiger partial charge on any atom is 0.416 e. The molecule has 37 heteroatoms. The van der Waals surface area contributed by atoms with Gasteiger partial charge in [0.15, 0.2) is 35.4 Å². The monoisotopic (exact) mass is 1590 g/mol. The fourth-order valence-corrected chi connectivity index (χ4v) is 12.1.